The summed E-state index contributed by atoms with van der Waals surface area (Å²) < 4.78 is 4.74. The fourth-order valence-corrected chi connectivity index (χ4v) is 2.73. The molecule has 82 valence electrons. The molecule has 0 radical (unpaired) electrons. The summed E-state index contributed by atoms with van der Waals surface area (Å²) in [5.41, 5.74) is 0. The zero-order valence-corrected chi connectivity index (χ0v) is 8.72. The minimum absolute atomic E-state index is 0.686. The number of fused-ring (bicyclic) bond motifs is 1. The monoisotopic (exact) mass is 208 g/mol. The number of nitrogens with one attached hydrogen (secondary N) is 1. The van der Waals surface area contributed by atoms with Gasteiger partial charge in [-0.25, -0.2) is 0 Å². The fourth-order valence-electron chi connectivity index (χ4n) is 2.73. The Morgan fingerprint density at radius 3 is 3.33 bits per heavy atom. The van der Waals surface area contributed by atoms with Gasteiger partial charge in [0.05, 0.1) is 6.54 Å². The summed E-state index contributed by atoms with van der Waals surface area (Å²) in [5, 5.41) is 7.43. The minimum atomic E-state index is 0.686. The first kappa shape index (κ1) is 9.30. The van der Waals surface area contributed by atoms with E-state index in [1.165, 1.54) is 32.3 Å². The van der Waals surface area contributed by atoms with Gasteiger partial charge in [-0.15, -0.1) is 0 Å². The van der Waals surface area contributed by atoms with E-state index in [1.807, 2.05) is 0 Å². The number of aromatic nitrogens is 2. The molecule has 1 N–H and O–H groups in total. The number of nitrogens with zero attached hydrogens (tertiary/aromatic N) is 3. The first-order valence-electron chi connectivity index (χ1n) is 5.63. The Balaban J connectivity index is 1.60. The topological polar surface area (TPSA) is 54.2 Å². The van der Waals surface area contributed by atoms with E-state index in [-0.39, 0.29) is 0 Å². The molecule has 3 rings (SSSR count). The average Bonchev–Trinajstić information content (AvgIpc) is 2.86. The molecule has 2 atom stereocenters. The molecule has 2 aliphatic heterocycles. The van der Waals surface area contributed by atoms with Gasteiger partial charge in [-0.05, 0) is 25.3 Å². The van der Waals surface area contributed by atoms with Gasteiger partial charge >= 0.3 is 0 Å². The van der Waals surface area contributed by atoms with E-state index in [1.54, 1.807) is 0 Å². The van der Waals surface area contributed by atoms with Crippen molar-refractivity contribution in [1.29, 1.82) is 0 Å². The molecular formula is C10H16N4O. The van der Waals surface area contributed by atoms with Gasteiger partial charge in [0.2, 0.25) is 6.39 Å². The van der Waals surface area contributed by atoms with Crippen LogP contribution in [0.15, 0.2) is 10.9 Å². The molecule has 1 aromatic heterocycles. The summed E-state index contributed by atoms with van der Waals surface area (Å²) in [4.78, 5) is 6.47. The normalized spacial score (nSPS) is 31.7. The maximum absolute atomic E-state index is 4.74. The van der Waals surface area contributed by atoms with E-state index < -0.39 is 0 Å². The van der Waals surface area contributed by atoms with Gasteiger partial charge < -0.3 is 9.84 Å². The number of likely N-dealkylation sites (tertiary alicyclic amines) is 1. The first-order valence-corrected chi connectivity index (χ1v) is 5.63. The molecule has 0 aromatic carbocycles. The zero-order valence-electron chi connectivity index (χ0n) is 8.72. The van der Waals surface area contributed by atoms with Crippen LogP contribution in [-0.4, -0.2) is 40.7 Å². The molecule has 1 aromatic rings. The SMILES string of the molecule is c1nc(CN2C[C@@H]3CCCN[C@@H]3C2)no1. The largest absolute Gasteiger partial charge is 0.343 e. The van der Waals surface area contributed by atoms with E-state index in [0.29, 0.717) is 6.04 Å². The average molecular weight is 208 g/mol. The summed E-state index contributed by atoms with van der Waals surface area (Å²) >= 11 is 0. The van der Waals surface area contributed by atoms with Crippen LogP contribution < -0.4 is 5.32 Å². The van der Waals surface area contributed by atoms with Gasteiger partial charge in [-0.3, -0.25) is 4.90 Å². The number of hydrogen-bond acceptors (Lipinski definition) is 5. The van der Waals surface area contributed by atoms with Crippen LogP contribution in [0.3, 0.4) is 0 Å². The quantitative estimate of drug-likeness (QED) is 0.755. The molecule has 2 fully saturated rings. The van der Waals surface area contributed by atoms with Crippen LogP contribution in [0.25, 0.3) is 0 Å². The lowest BCUT2D eigenvalue weighted by molar-refractivity contribution is 0.297. The molecule has 0 bridgehead atoms. The van der Waals surface area contributed by atoms with Crippen LogP contribution in [0.4, 0.5) is 0 Å². The highest BCUT2D eigenvalue weighted by Crippen LogP contribution is 2.25. The van der Waals surface area contributed by atoms with Gasteiger partial charge in [0.15, 0.2) is 5.82 Å². The Morgan fingerprint density at radius 1 is 1.53 bits per heavy atom. The van der Waals surface area contributed by atoms with Gasteiger partial charge in [-0.2, -0.15) is 4.98 Å². The molecule has 0 spiro atoms. The van der Waals surface area contributed by atoms with Crippen molar-refractivity contribution in [1.82, 2.24) is 20.4 Å². The predicted molar refractivity (Wildman–Crippen MR) is 54.1 cm³/mol. The maximum atomic E-state index is 4.74. The van der Waals surface area contributed by atoms with Gasteiger partial charge in [-0.1, -0.05) is 5.16 Å². The van der Waals surface area contributed by atoms with E-state index in [0.717, 1.165) is 24.8 Å². The minimum Gasteiger partial charge on any atom is -0.343 e. The summed E-state index contributed by atoms with van der Waals surface area (Å²) in [7, 11) is 0. The van der Waals surface area contributed by atoms with Crippen LogP contribution in [-0.2, 0) is 6.54 Å². The predicted octanol–water partition coefficient (Wildman–Crippen LogP) is 0.253. The Labute approximate surface area is 88.8 Å². The van der Waals surface area contributed by atoms with Gasteiger partial charge in [0, 0.05) is 19.1 Å². The summed E-state index contributed by atoms with van der Waals surface area (Å²) in [6.07, 6.45) is 4.08. The highest BCUT2D eigenvalue weighted by atomic mass is 16.5. The smallest absolute Gasteiger partial charge is 0.213 e. The molecule has 0 amide bonds. The third kappa shape index (κ3) is 1.89. The van der Waals surface area contributed by atoms with E-state index in [4.69, 9.17) is 4.52 Å². The lowest BCUT2D eigenvalue weighted by atomic mass is 9.94. The summed E-state index contributed by atoms with van der Waals surface area (Å²) in [5.74, 6) is 1.62. The highest BCUT2D eigenvalue weighted by Gasteiger charge is 2.34. The molecule has 0 saturated carbocycles. The second-order valence-electron chi connectivity index (χ2n) is 4.50. The molecule has 0 aliphatic carbocycles. The maximum Gasteiger partial charge on any atom is 0.213 e. The zero-order chi connectivity index (χ0) is 10.1. The van der Waals surface area contributed by atoms with Crippen molar-refractivity contribution < 1.29 is 4.52 Å². The van der Waals surface area contributed by atoms with Crippen molar-refractivity contribution in [2.45, 2.75) is 25.4 Å². The summed E-state index contributed by atoms with van der Waals surface area (Å²) in [6, 6.07) is 0.686. The molecular weight excluding hydrogens is 192 g/mol. The fraction of sp³-hybridized carbons (Fsp3) is 0.800. The molecule has 2 aliphatic rings. The second kappa shape index (κ2) is 3.90. The molecule has 0 unspecified atom stereocenters. The lowest BCUT2D eigenvalue weighted by Gasteiger charge is -2.24. The second-order valence-corrected chi connectivity index (χ2v) is 4.50. The molecule has 2 saturated heterocycles. The van der Waals surface area contributed by atoms with Crippen LogP contribution in [0.2, 0.25) is 0 Å². The van der Waals surface area contributed by atoms with Gasteiger partial charge in [0.25, 0.3) is 0 Å². The van der Waals surface area contributed by atoms with Crippen molar-refractivity contribution in [2.24, 2.45) is 5.92 Å². The number of rotatable bonds is 2. The van der Waals surface area contributed by atoms with Gasteiger partial charge in [0.1, 0.15) is 0 Å². The van der Waals surface area contributed by atoms with E-state index in [2.05, 4.69) is 20.4 Å². The number of piperidine rings is 1. The van der Waals surface area contributed by atoms with Crippen LogP contribution >= 0.6 is 0 Å². The van der Waals surface area contributed by atoms with Crippen LogP contribution in [0, 0.1) is 5.92 Å². The van der Waals surface area contributed by atoms with Crippen molar-refractivity contribution in [3.63, 3.8) is 0 Å². The van der Waals surface area contributed by atoms with E-state index in [9.17, 15) is 0 Å². The Bertz CT molecular complexity index is 299. The third-order valence-corrected chi connectivity index (χ3v) is 3.45. The molecule has 15 heavy (non-hydrogen) atoms. The van der Waals surface area contributed by atoms with Crippen LogP contribution in [0.5, 0.6) is 0 Å². The summed E-state index contributed by atoms with van der Waals surface area (Å²) in [6.45, 7) is 4.30. The van der Waals surface area contributed by atoms with Crippen molar-refractivity contribution in [3.05, 3.63) is 12.2 Å². The third-order valence-electron chi connectivity index (χ3n) is 3.45. The van der Waals surface area contributed by atoms with Crippen LogP contribution in [0.1, 0.15) is 18.7 Å². The highest BCUT2D eigenvalue weighted by molar-refractivity contribution is 4.93. The lowest BCUT2D eigenvalue weighted by Crippen LogP contribution is -2.40. The first-order chi connectivity index (χ1) is 7.42. The standard InChI is InChI=1S/C10H16N4O/c1-2-8-4-14(5-9(8)11-3-1)6-10-12-7-15-13-10/h7-9,11H,1-6H2/t8-,9+/m0/s1. The number of hydrogen-bond donors (Lipinski definition) is 1. The Hall–Kier alpha value is -0.940. The molecule has 5 heteroatoms. The van der Waals surface area contributed by atoms with Crippen molar-refractivity contribution in [2.75, 3.05) is 19.6 Å². The van der Waals surface area contributed by atoms with Crippen molar-refractivity contribution >= 4 is 0 Å². The van der Waals surface area contributed by atoms with E-state index >= 15 is 0 Å². The van der Waals surface area contributed by atoms with Crippen molar-refractivity contribution in [3.8, 4) is 0 Å². The molecule has 3 heterocycles. The Kier molecular flexibility index (Phi) is 2.42. The molecule has 5 nitrogen and oxygen atoms in total. The Morgan fingerprint density at radius 2 is 2.53 bits per heavy atom.